The van der Waals surface area contributed by atoms with Crippen molar-refractivity contribution in [1.82, 2.24) is 0 Å². The van der Waals surface area contributed by atoms with Gasteiger partial charge in [0.05, 0.1) is 0 Å². The fraction of sp³-hybridized carbons (Fsp3) is 0.0833. The predicted octanol–water partition coefficient (Wildman–Crippen LogP) is 7.38. The van der Waals surface area contributed by atoms with Crippen LogP contribution in [0.2, 0.25) is 0 Å². The van der Waals surface area contributed by atoms with Crippen LogP contribution in [0.25, 0.3) is 27.6 Å². The molecule has 0 aliphatic heterocycles. The standard InChI is InChI=1S/C12H11BrO.C12H9Br/c13-12-4-3-10-2-1-9(5-6-14)7-11(10)8-12;1-2-9-3-4-10-5-6-12(13)8-11(10)7-9/h1-4,7-8,14H,5-6H2;2-8H,1H2. The molecule has 0 aliphatic carbocycles. The number of hydrogen-bond donors (Lipinski definition) is 1. The highest BCUT2D eigenvalue weighted by molar-refractivity contribution is 9.10. The van der Waals surface area contributed by atoms with E-state index in [2.05, 4.69) is 105 Å². The molecule has 4 rings (SSSR count). The topological polar surface area (TPSA) is 20.2 Å². The Morgan fingerprint density at radius 1 is 0.704 bits per heavy atom. The molecule has 0 atom stereocenters. The van der Waals surface area contributed by atoms with E-state index in [0.717, 1.165) is 20.9 Å². The van der Waals surface area contributed by atoms with Crippen LogP contribution in [-0.4, -0.2) is 11.7 Å². The molecule has 0 fully saturated rings. The van der Waals surface area contributed by atoms with Crippen molar-refractivity contribution >= 4 is 59.5 Å². The van der Waals surface area contributed by atoms with E-state index in [1.165, 1.54) is 27.1 Å². The molecule has 27 heavy (non-hydrogen) atoms. The number of hydrogen-bond acceptors (Lipinski definition) is 1. The van der Waals surface area contributed by atoms with Crippen LogP contribution in [0.5, 0.6) is 0 Å². The van der Waals surface area contributed by atoms with Crippen LogP contribution in [0.4, 0.5) is 0 Å². The van der Waals surface area contributed by atoms with E-state index < -0.39 is 0 Å². The highest BCUT2D eigenvalue weighted by Crippen LogP contribution is 2.22. The number of fused-ring (bicyclic) bond motifs is 2. The third-order valence-corrected chi connectivity index (χ3v) is 5.32. The van der Waals surface area contributed by atoms with Crippen molar-refractivity contribution in [3.63, 3.8) is 0 Å². The van der Waals surface area contributed by atoms with E-state index >= 15 is 0 Å². The lowest BCUT2D eigenvalue weighted by Gasteiger charge is -2.02. The van der Waals surface area contributed by atoms with E-state index in [1.807, 2.05) is 12.1 Å². The highest BCUT2D eigenvalue weighted by atomic mass is 79.9. The molecule has 1 N–H and O–H groups in total. The Morgan fingerprint density at radius 3 is 1.85 bits per heavy atom. The van der Waals surface area contributed by atoms with E-state index in [1.54, 1.807) is 0 Å². The van der Waals surface area contributed by atoms with Gasteiger partial charge in [-0.1, -0.05) is 87.0 Å². The van der Waals surface area contributed by atoms with Crippen LogP contribution in [0, 0.1) is 0 Å². The Morgan fingerprint density at radius 2 is 1.26 bits per heavy atom. The molecule has 0 saturated carbocycles. The molecule has 0 radical (unpaired) electrons. The molecule has 0 spiro atoms. The molecule has 136 valence electrons. The average Bonchev–Trinajstić information content (AvgIpc) is 2.68. The number of benzene rings is 4. The van der Waals surface area contributed by atoms with Gasteiger partial charge in [0.15, 0.2) is 0 Å². The summed E-state index contributed by atoms with van der Waals surface area (Å²) in [5, 5.41) is 13.8. The molecule has 0 bridgehead atoms. The van der Waals surface area contributed by atoms with Crippen molar-refractivity contribution in [2.75, 3.05) is 6.61 Å². The minimum atomic E-state index is 0.208. The Kier molecular flexibility index (Phi) is 6.84. The minimum absolute atomic E-state index is 0.208. The lowest BCUT2D eigenvalue weighted by atomic mass is 10.1. The second kappa shape index (κ2) is 9.32. The maximum atomic E-state index is 8.84. The molecular formula is C24H20Br2O. The Labute approximate surface area is 176 Å². The van der Waals surface area contributed by atoms with E-state index in [-0.39, 0.29) is 6.61 Å². The van der Waals surface area contributed by atoms with Gasteiger partial charge in [0, 0.05) is 15.6 Å². The summed E-state index contributed by atoms with van der Waals surface area (Å²) in [5.74, 6) is 0. The summed E-state index contributed by atoms with van der Waals surface area (Å²) in [5.41, 5.74) is 2.34. The van der Waals surface area contributed by atoms with Crippen molar-refractivity contribution in [2.24, 2.45) is 0 Å². The smallest absolute Gasteiger partial charge is 0.0471 e. The zero-order chi connectivity index (χ0) is 19.2. The SMILES string of the molecule is C=Cc1ccc2ccc(Br)cc2c1.OCCc1ccc2ccc(Br)cc2c1. The molecule has 0 saturated heterocycles. The van der Waals surface area contributed by atoms with E-state index in [9.17, 15) is 0 Å². The van der Waals surface area contributed by atoms with Gasteiger partial charge in [0.2, 0.25) is 0 Å². The molecule has 4 aromatic rings. The molecule has 0 amide bonds. The monoisotopic (exact) mass is 482 g/mol. The Hall–Kier alpha value is -1.94. The van der Waals surface area contributed by atoms with Crippen molar-refractivity contribution in [3.8, 4) is 0 Å². The molecule has 0 aliphatic rings. The summed E-state index contributed by atoms with van der Waals surface area (Å²) in [4.78, 5) is 0. The summed E-state index contributed by atoms with van der Waals surface area (Å²) in [6, 6.07) is 25.1. The quantitative estimate of drug-likeness (QED) is 0.322. The predicted molar refractivity (Wildman–Crippen MR) is 124 cm³/mol. The lowest BCUT2D eigenvalue weighted by molar-refractivity contribution is 0.299. The van der Waals surface area contributed by atoms with E-state index in [0.29, 0.717) is 0 Å². The first-order valence-electron chi connectivity index (χ1n) is 8.70. The second-order valence-corrected chi connectivity index (χ2v) is 8.09. The first-order chi connectivity index (χ1) is 13.1. The molecule has 0 aromatic heterocycles. The van der Waals surface area contributed by atoms with Crippen LogP contribution >= 0.6 is 31.9 Å². The van der Waals surface area contributed by atoms with Crippen molar-refractivity contribution < 1.29 is 5.11 Å². The fourth-order valence-electron chi connectivity index (χ4n) is 2.91. The molecular weight excluding hydrogens is 464 g/mol. The van der Waals surface area contributed by atoms with Gasteiger partial charge in [-0.05, 0) is 69.4 Å². The zero-order valence-corrected chi connectivity index (χ0v) is 18.0. The first-order valence-corrected chi connectivity index (χ1v) is 10.3. The van der Waals surface area contributed by atoms with Crippen LogP contribution in [-0.2, 0) is 6.42 Å². The van der Waals surface area contributed by atoms with Crippen molar-refractivity contribution in [1.29, 1.82) is 0 Å². The summed E-state index contributed by atoms with van der Waals surface area (Å²) in [6.07, 6.45) is 2.59. The average molecular weight is 484 g/mol. The van der Waals surface area contributed by atoms with Gasteiger partial charge in [0.25, 0.3) is 0 Å². The fourth-order valence-corrected chi connectivity index (χ4v) is 3.67. The number of aliphatic hydroxyl groups is 1. The van der Waals surface area contributed by atoms with Gasteiger partial charge in [-0.2, -0.15) is 0 Å². The van der Waals surface area contributed by atoms with Gasteiger partial charge in [0.1, 0.15) is 0 Å². The molecule has 0 heterocycles. The summed E-state index contributed by atoms with van der Waals surface area (Å²) < 4.78 is 2.20. The van der Waals surface area contributed by atoms with Crippen molar-refractivity contribution in [3.05, 3.63) is 99.4 Å². The van der Waals surface area contributed by atoms with Gasteiger partial charge in [-0.15, -0.1) is 0 Å². The van der Waals surface area contributed by atoms with Crippen LogP contribution in [0.1, 0.15) is 11.1 Å². The molecule has 0 unspecified atom stereocenters. The van der Waals surface area contributed by atoms with Gasteiger partial charge < -0.3 is 5.11 Å². The summed E-state index contributed by atoms with van der Waals surface area (Å²) in [6.45, 7) is 3.96. The summed E-state index contributed by atoms with van der Waals surface area (Å²) >= 11 is 6.90. The van der Waals surface area contributed by atoms with Crippen LogP contribution in [0.3, 0.4) is 0 Å². The second-order valence-electron chi connectivity index (χ2n) is 6.25. The third kappa shape index (κ3) is 5.29. The number of halogens is 2. The Balaban J connectivity index is 0.000000156. The number of rotatable bonds is 3. The molecule has 3 heteroatoms. The molecule has 1 nitrogen and oxygen atoms in total. The number of aliphatic hydroxyl groups excluding tert-OH is 1. The maximum absolute atomic E-state index is 8.84. The van der Waals surface area contributed by atoms with Crippen molar-refractivity contribution in [2.45, 2.75) is 6.42 Å². The van der Waals surface area contributed by atoms with Crippen LogP contribution < -0.4 is 0 Å². The van der Waals surface area contributed by atoms with Gasteiger partial charge in [-0.3, -0.25) is 0 Å². The summed E-state index contributed by atoms with van der Waals surface area (Å²) in [7, 11) is 0. The first kappa shape index (κ1) is 19.8. The maximum Gasteiger partial charge on any atom is 0.0471 e. The Bertz CT molecular complexity index is 1090. The normalized spacial score (nSPS) is 10.5. The lowest BCUT2D eigenvalue weighted by Crippen LogP contribution is -1.89. The third-order valence-electron chi connectivity index (χ3n) is 4.33. The van der Waals surface area contributed by atoms with Gasteiger partial charge >= 0.3 is 0 Å². The minimum Gasteiger partial charge on any atom is -0.396 e. The van der Waals surface area contributed by atoms with Crippen LogP contribution in [0.15, 0.2) is 88.3 Å². The van der Waals surface area contributed by atoms with E-state index in [4.69, 9.17) is 5.11 Å². The largest absolute Gasteiger partial charge is 0.396 e. The molecule has 4 aromatic carbocycles. The zero-order valence-electron chi connectivity index (χ0n) is 14.8. The van der Waals surface area contributed by atoms with Gasteiger partial charge in [-0.25, -0.2) is 0 Å². The highest BCUT2D eigenvalue weighted by Gasteiger charge is 1.97.